The largest absolute Gasteiger partial charge is 0.335 e. The number of hydrogen-bond donors (Lipinski definition) is 0. The summed E-state index contributed by atoms with van der Waals surface area (Å²) < 4.78 is 0.982. The lowest BCUT2D eigenvalue weighted by Crippen LogP contribution is -2.47. The number of hydrogen-bond acceptors (Lipinski definition) is 3. The summed E-state index contributed by atoms with van der Waals surface area (Å²) in [5, 5.41) is 1.91. The summed E-state index contributed by atoms with van der Waals surface area (Å²) in [5.41, 5.74) is 0.757. The Labute approximate surface area is 144 Å². The normalized spacial score (nSPS) is 26.8. The molecular formula is C17H22BrNO2S. The van der Waals surface area contributed by atoms with Gasteiger partial charge in [-0.25, -0.2) is 0 Å². The maximum Gasteiger partial charge on any atom is 0.255 e. The molecule has 2 heterocycles. The van der Waals surface area contributed by atoms with Crippen molar-refractivity contribution in [2.75, 3.05) is 6.54 Å². The van der Waals surface area contributed by atoms with Gasteiger partial charge in [-0.1, -0.05) is 19.3 Å². The molecular weight excluding hydrogens is 362 g/mol. The molecule has 1 aromatic heterocycles. The van der Waals surface area contributed by atoms with E-state index in [1.54, 1.807) is 11.3 Å². The molecule has 0 aromatic carbocycles. The van der Waals surface area contributed by atoms with Crippen molar-refractivity contribution in [1.29, 1.82) is 0 Å². The van der Waals surface area contributed by atoms with Gasteiger partial charge in [-0.2, -0.15) is 0 Å². The molecule has 1 saturated heterocycles. The van der Waals surface area contributed by atoms with Gasteiger partial charge in [-0.3, -0.25) is 9.59 Å². The number of carbonyl (C=O) groups is 2. The van der Waals surface area contributed by atoms with Crippen LogP contribution in [0, 0.1) is 5.92 Å². The number of halogens is 1. The predicted molar refractivity (Wildman–Crippen MR) is 92.3 cm³/mol. The minimum atomic E-state index is 0.0675. The highest BCUT2D eigenvalue weighted by atomic mass is 79.9. The van der Waals surface area contributed by atoms with Gasteiger partial charge in [-0.05, 0) is 47.7 Å². The van der Waals surface area contributed by atoms with Gasteiger partial charge in [0.05, 0.1) is 9.35 Å². The van der Waals surface area contributed by atoms with E-state index < -0.39 is 0 Å². The van der Waals surface area contributed by atoms with Gasteiger partial charge in [0.1, 0.15) is 5.78 Å². The molecule has 5 heteroatoms. The van der Waals surface area contributed by atoms with Crippen LogP contribution in [0.15, 0.2) is 15.2 Å². The fourth-order valence-corrected chi connectivity index (χ4v) is 4.94. The van der Waals surface area contributed by atoms with Crippen LogP contribution in [-0.4, -0.2) is 29.2 Å². The maximum atomic E-state index is 12.9. The third-order valence-electron chi connectivity index (χ3n) is 4.94. The van der Waals surface area contributed by atoms with E-state index in [4.69, 9.17) is 0 Å². The van der Waals surface area contributed by atoms with Crippen LogP contribution >= 0.6 is 27.3 Å². The third-order valence-corrected chi connectivity index (χ3v) is 6.45. The van der Waals surface area contributed by atoms with Crippen molar-refractivity contribution < 1.29 is 9.59 Å². The Hall–Kier alpha value is -0.680. The summed E-state index contributed by atoms with van der Waals surface area (Å²) in [4.78, 5) is 27.3. The van der Waals surface area contributed by atoms with Crippen LogP contribution in [0.5, 0.6) is 0 Å². The maximum absolute atomic E-state index is 12.9. The minimum absolute atomic E-state index is 0.0675. The number of amides is 1. The molecule has 0 radical (unpaired) electrons. The molecule has 1 aromatic rings. The molecule has 1 saturated carbocycles. The Morgan fingerprint density at radius 2 is 2.00 bits per heavy atom. The van der Waals surface area contributed by atoms with Crippen LogP contribution in [0.3, 0.4) is 0 Å². The fraction of sp³-hybridized carbons (Fsp3) is 0.647. The molecule has 3 nitrogen and oxygen atoms in total. The summed E-state index contributed by atoms with van der Waals surface area (Å²) in [6, 6.07) is 2.01. The molecule has 1 amide bonds. The molecule has 1 aliphatic heterocycles. The van der Waals surface area contributed by atoms with E-state index in [1.807, 2.05) is 16.3 Å². The first-order chi connectivity index (χ1) is 10.7. The summed E-state index contributed by atoms with van der Waals surface area (Å²) in [7, 11) is 0. The summed E-state index contributed by atoms with van der Waals surface area (Å²) >= 11 is 4.98. The van der Waals surface area contributed by atoms with Gasteiger partial charge in [0, 0.05) is 30.3 Å². The monoisotopic (exact) mass is 383 g/mol. The van der Waals surface area contributed by atoms with Gasteiger partial charge < -0.3 is 4.90 Å². The van der Waals surface area contributed by atoms with Crippen molar-refractivity contribution in [2.45, 2.75) is 57.4 Å². The van der Waals surface area contributed by atoms with Crippen molar-refractivity contribution in [2.24, 2.45) is 5.92 Å². The minimum Gasteiger partial charge on any atom is -0.335 e. The molecule has 0 spiro atoms. The average molecular weight is 384 g/mol. The highest BCUT2D eigenvalue weighted by Crippen LogP contribution is 2.33. The number of nitrogens with zero attached hydrogens (tertiary/aromatic N) is 1. The summed E-state index contributed by atoms with van der Waals surface area (Å²) in [6.45, 7) is 0.792. The predicted octanol–water partition coefficient (Wildman–Crippen LogP) is 4.65. The van der Waals surface area contributed by atoms with Crippen LogP contribution in [0.2, 0.25) is 0 Å². The zero-order valence-corrected chi connectivity index (χ0v) is 15.1. The smallest absolute Gasteiger partial charge is 0.255 e. The second-order valence-corrected chi connectivity index (χ2v) is 8.66. The van der Waals surface area contributed by atoms with E-state index in [-0.39, 0.29) is 17.9 Å². The fourth-order valence-electron chi connectivity index (χ4n) is 3.81. The van der Waals surface area contributed by atoms with Gasteiger partial charge >= 0.3 is 0 Å². The van der Waals surface area contributed by atoms with Crippen molar-refractivity contribution in [3.8, 4) is 0 Å². The van der Waals surface area contributed by atoms with Crippen LogP contribution in [0.1, 0.15) is 61.7 Å². The third kappa shape index (κ3) is 3.46. The van der Waals surface area contributed by atoms with E-state index in [9.17, 15) is 9.59 Å². The molecule has 22 heavy (non-hydrogen) atoms. The lowest BCUT2D eigenvalue weighted by molar-refractivity contribution is -0.126. The first-order valence-corrected chi connectivity index (χ1v) is 9.92. The molecule has 1 aliphatic carbocycles. The number of likely N-dealkylation sites (tertiary alicyclic amines) is 1. The van der Waals surface area contributed by atoms with Crippen LogP contribution < -0.4 is 0 Å². The van der Waals surface area contributed by atoms with Crippen LogP contribution in [-0.2, 0) is 4.79 Å². The average Bonchev–Trinajstić information content (AvgIpc) is 2.81. The highest BCUT2D eigenvalue weighted by molar-refractivity contribution is 9.11. The number of rotatable bonds is 2. The van der Waals surface area contributed by atoms with Crippen molar-refractivity contribution in [3.05, 3.63) is 20.8 Å². The Morgan fingerprint density at radius 1 is 1.18 bits per heavy atom. The van der Waals surface area contributed by atoms with E-state index in [0.29, 0.717) is 12.2 Å². The lowest BCUT2D eigenvalue weighted by atomic mass is 9.80. The molecule has 0 N–H and O–H groups in total. The number of ketones is 1. The Kier molecular flexibility index (Phi) is 5.34. The van der Waals surface area contributed by atoms with Crippen molar-refractivity contribution >= 4 is 39.0 Å². The number of Topliss-reactive ketones (excluding diaryl/α,β-unsaturated/α-hetero) is 1. The van der Waals surface area contributed by atoms with E-state index in [1.165, 1.54) is 0 Å². The molecule has 2 atom stereocenters. The zero-order chi connectivity index (χ0) is 15.5. The lowest BCUT2D eigenvalue weighted by Gasteiger charge is -2.37. The van der Waals surface area contributed by atoms with Gasteiger partial charge in [-0.15, -0.1) is 11.3 Å². The molecule has 120 valence electrons. The van der Waals surface area contributed by atoms with Crippen molar-refractivity contribution in [3.63, 3.8) is 0 Å². The molecule has 2 fully saturated rings. The van der Waals surface area contributed by atoms with Crippen LogP contribution in [0.25, 0.3) is 0 Å². The molecule has 0 bridgehead atoms. The number of thiophene rings is 1. The zero-order valence-electron chi connectivity index (χ0n) is 12.7. The second-order valence-electron chi connectivity index (χ2n) is 6.37. The topological polar surface area (TPSA) is 37.4 Å². The van der Waals surface area contributed by atoms with E-state index >= 15 is 0 Å². The molecule has 3 rings (SSSR count). The Bertz CT molecular complexity index is 557. The first-order valence-electron chi connectivity index (χ1n) is 8.24. The molecule has 0 unspecified atom stereocenters. The second kappa shape index (κ2) is 7.26. The standard InChI is InChI=1S/C17H22BrNO2S/c18-16-10-12(11-22-16)17(21)19-9-5-1-2-7-14(19)13-6-3-4-8-15(13)20/h10-11,13-14H,1-9H2/t13-,14+/m1/s1. The van der Waals surface area contributed by atoms with Gasteiger partial charge in [0.25, 0.3) is 5.91 Å². The Balaban J connectivity index is 1.84. The number of carbonyl (C=O) groups excluding carboxylic acids is 2. The van der Waals surface area contributed by atoms with Crippen molar-refractivity contribution in [1.82, 2.24) is 4.90 Å². The quantitative estimate of drug-likeness (QED) is 0.744. The van der Waals surface area contributed by atoms with E-state index in [0.717, 1.165) is 60.8 Å². The van der Waals surface area contributed by atoms with E-state index in [2.05, 4.69) is 15.9 Å². The first kappa shape index (κ1) is 16.2. The summed E-state index contributed by atoms with van der Waals surface area (Å²) in [5.74, 6) is 0.549. The van der Waals surface area contributed by atoms with Gasteiger partial charge in [0.2, 0.25) is 0 Å². The molecule has 2 aliphatic rings. The summed E-state index contributed by atoms with van der Waals surface area (Å²) in [6.07, 6.45) is 8.13. The SMILES string of the molecule is O=C1CCCC[C@@H]1[C@@H]1CCCCCN1C(=O)c1csc(Br)c1. The highest BCUT2D eigenvalue weighted by Gasteiger charge is 2.37. The Morgan fingerprint density at radius 3 is 2.73 bits per heavy atom. The van der Waals surface area contributed by atoms with Gasteiger partial charge in [0.15, 0.2) is 0 Å². The van der Waals surface area contributed by atoms with Crippen LogP contribution in [0.4, 0.5) is 0 Å².